The van der Waals surface area contributed by atoms with Crippen LogP contribution in [0.2, 0.25) is 5.02 Å². The fraction of sp³-hybridized carbons (Fsp3) is 0.348. The smallest absolute Gasteiger partial charge is 0.252 e. The molecule has 2 aromatic rings. The Kier molecular flexibility index (Phi) is 6.30. The first kappa shape index (κ1) is 20.3. The molecule has 0 atom stereocenters. The van der Waals surface area contributed by atoms with Crippen molar-refractivity contribution < 1.29 is 4.79 Å². The molecular weight excluding hydrogens is 342 g/mol. The summed E-state index contributed by atoms with van der Waals surface area (Å²) in [6.45, 7) is 10.7. The molecule has 0 spiro atoms. The highest BCUT2D eigenvalue weighted by atomic mass is 35.5. The van der Waals surface area contributed by atoms with Crippen molar-refractivity contribution in [3.8, 4) is 0 Å². The molecule has 0 saturated heterocycles. The number of amides is 1. The maximum Gasteiger partial charge on any atom is 0.252 e. The van der Waals surface area contributed by atoms with Crippen molar-refractivity contribution in [2.75, 3.05) is 0 Å². The van der Waals surface area contributed by atoms with E-state index >= 15 is 0 Å². The Morgan fingerprint density at radius 3 is 2.12 bits per heavy atom. The summed E-state index contributed by atoms with van der Waals surface area (Å²) < 4.78 is 0. The lowest BCUT2D eigenvalue weighted by Gasteiger charge is -2.33. The van der Waals surface area contributed by atoms with Gasteiger partial charge in [-0.25, -0.2) is 0 Å². The Balaban J connectivity index is 2.39. The second kappa shape index (κ2) is 8.09. The van der Waals surface area contributed by atoms with Crippen LogP contribution in [-0.2, 0) is 4.79 Å². The van der Waals surface area contributed by atoms with Gasteiger partial charge in [0.15, 0.2) is 0 Å². The Morgan fingerprint density at radius 1 is 0.962 bits per heavy atom. The quantitative estimate of drug-likeness (QED) is 0.492. The molecule has 2 nitrogen and oxygen atoms in total. The third kappa shape index (κ3) is 6.03. The predicted molar refractivity (Wildman–Crippen MR) is 112 cm³/mol. The van der Waals surface area contributed by atoms with Crippen LogP contribution >= 0.6 is 11.6 Å². The third-order valence-electron chi connectivity index (χ3n) is 3.96. The highest BCUT2D eigenvalue weighted by Crippen LogP contribution is 2.28. The van der Waals surface area contributed by atoms with E-state index in [2.05, 4.69) is 39.9 Å². The van der Waals surface area contributed by atoms with Gasteiger partial charge in [-0.15, -0.1) is 0 Å². The van der Waals surface area contributed by atoms with Gasteiger partial charge >= 0.3 is 0 Å². The summed E-state index contributed by atoms with van der Waals surface area (Å²) in [5.41, 5.74) is 2.12. The van der Waals surface area contributed by atoms with Gasteiger partial charge < -0.3 is 5.32 Å². The summed E-state index contributed by atoms with van der Waals surface area (Å²) >= 11 is 6.30. The Bertz CT molecular complexity index is 785. The first-order valence-electron chi connectivity index (χ1n) is 8.92. The minimum absolute atomic E-state index is 0.0923. The molecule has 1 N–H and O–H groups in total. The monoisotopic (exact) mass is 369 g/mol. The molecule has 0 aliphatic rings. The lowest BCUT2D eigenvalue weighted by molar-refractivity contribution is -0.117. The van der Waals surface area contributed by atoms with Crippen LogP contribution in [0.5, 0.6) is 0 Å². The number of hydrogen-bond acceptors (Lipinski definition) is 1. The van der Waals surface area contributed by atoms with Crippen LogP contribution in [-0.4, -0.2) is 11.4 Å². The Morgan fingerprint density at radius 2 is 1.54 bits per heavy atom. The molecule has 0 saturated carbocycles. The molecule has 0 radical (unpaired) electrons. The number of benzene rings is 2. The van der Waals surface area contributed by atoms with Gasteiger partial charge in [0.2, 0.25) is 0 Å². The number of carbonyl (C=O) groups is 1. The highest BCUT2D eigenvalue weighted by molar-refractivity contribution is 6.33. The van der Waals surface area contributed by atoms with Crippen molar-refractivity contribution in [2.45, 2.75) is 46.6 Å². The van der Waals surface area contributed by atoms with E-state index in [0.717, 1.165) is 17.5 Å². The second-order valence-corrected chi connectivity index (χ2v) is 8.93. The molecule has 2 aromatic carbocycles. The molecular formula is C23H28ClNO. The molecule has 138 valence electrons. The lowest BCUT2D eigenvalue weighted by Crippen LogP contribution is -2.46. The molecule has 3 heteroatoms. The highest BCUT2D eigenvalue weighted by Gasteiger charge is 2.28. The van der Waals surface area contributed by atoms with Gasteiger partial charge in [0.05, 0.1) is 0 Å². The van der Waals surface area contributed by atoms with Gasteiger partial charge in [-0.3, -0.25) is 4.79 Å². The van der Waals surface area contributed by atoms with Gasteiger partial charge in [-0.2, -0.15) is 0 Å². The van der Waals surface area contributed by atoms with Gasteiger partial charge in [0, 0.05) is 16.1 Å². The third-order valence-corrected chi connectivity index (χ3v) is 4.30. The van der Waals surface area contributed by atoms with E-state index in [1.54, 1.807) is 0 Å². The summed E-state index contributed by atoms with van der Waals surface area (Å²) in [7, 11) is 0. The van der Waals surface area contributed by atoms with E-state index < -0.39 is 0 Å². The molecule has 26 heavy (non-hydrogen) atoms. The van der Waals surface area contributed by atoms with Gasteiger partial charge in [0.1, 0.15) is 0 Å². The summed E-state index contributed by atoms with van der Waals surface area (Å²) in [5, 5.41) is 3.83. The Labute approximate surface area is 162 Å². The zero-order valence-corrected chi connectivity index (χ0v) is 17.0. The van der Waals surface area contributed by atoms with E-state index in [1.807, 2.05) is 60.7 Å². The number of carbonyl (C=O) groups excluding carboxylic acids is 1. The predicted octanol–water partition coefficient (Wildman–Crippen LogP) is 6.21. The summed E-state index contributed by atoms with van der Waals surface area (Å²) in [4.78, 5) is 13.1. The van der Waals surface area contributed by atoms with Crippen LogP contribution in [0.25, 0.3) is 11.6 Å². The van der Waals surface area contributed by atoms with Crippen molar-refractivity contribution in [1.29, 1.82) is 0 Å². The molecule has 0 bridgehead atoms. The summed E-state index contributed by atoms with van der Waals surface area (Å²) in [6, 6.07) is 17.2. The molecule has 1 amide bonds. The topological polar surface area (TPSA) is 29.1 Å². The van der Waals surface area contributed by atoms with Gasteiger partial charge in [0.25, 0.3) is 5.91 Å². The van der Waals surface area contributed by atoms with Crippen LogP contribution in [0.15, 0.2) is 54.6 Å². The number of nitrogens with one attached hydrogen (secondary N) is 1. The first-order chi connectivity index (χ1) is 12.1. The van der Waals surface area contributed by atoms with Crippen LogP contribution in [0, 0.1) is 5.41 Å². The zero-order chi connectivity index (χ0) is 19.4. The minimum Gasteiger partial charge on any atom is -0.347 e. The Hall–Kier alpha value is -2.06. The number of rotatable bonds is 5. The minimum atomic E-state index is -0.316. The summed E-state index contributed by atoms with van der Waals surface area (Å²) in [6.07, 6.45) is 2.74. The number of halogens is 1. The zero-order valence-electron chi connectivity index (χ0n) is 16.3. The normalized spacial score (nSPS) is 12.8. The molecule has 0 fully saturated rings. The molecule has 0 heterocycles. The fourth-order valence-electron chi connectivity index (χ4n) is 3.39. The van der Waals surface area contributed by atoms with Crippen molar-refractivity contribution >= 4 is 29.2 Å². The van der Waals surface area contributed by atoms with E-state index in [0.29, 0.717) is 10.6 Å². The van der Waals surface area contributed by atoms with Crippen LogP contribution < -0.4 is 5.32 Å². The molecule has 2 rings (SSSR count). The summed E-state index contributed by atoms with van der Waals surface area (Å²) in [5.74, 6) is -0.0923. The molecule has 0 aromatic heterocycles. The van der Waals surface area contributed by atoms with E-state index in [1.165, 1.54) is 0 Å². The van der Waals surface area contributed by atoms with Crippen LogP contribution in [0.4, 0.5) is 0 Å². The van der Waals surface area contributed by atoms with Crippen molar-refractivity contribution in [3.05, 3.63) is 70.7 Å². The van der Waals surface area contributed by atoms with Crippen molar-refractivity contribution in [3.63, 3.8) is 0 Å². The first-order valence-corrected chi connectivity index (χ1v) is 9.29. The van der Waals surface area contributed by atoms with Crippen LogP contribution in [0.1, 0.15) is 52.2 Å². The van der Waals surface area contributed by atoms with E-state index in [4.69, 9.17) is 11.6 Å². The maximum absolute atomic E-state index is 13.1. The van der Waals surface area contributed by atoms with E-state index in [9.17, 15) is 4.79 Å². The van der Waals surface area contributed by atoms with E-state index in [-0.39, 0.29) is 16.9 Å². The average Bonchev–Trinajstić information content (AvgIpc) is 2.52. The van der Waals surface area contributed by atoms with Crippen molar-refractivity contribution in [2.24, 2.45) is 5.41 Å². The standard InChI is InChI=1S/C23H28ClNO/c1-22(2,3)16-23(4,5)25-21(26)19(17-11-7-6-8-12-17)15-18-13-9-10-14-20(18)24/h6-15H,16H2,1-5H3,(H,25,26)/b19-15+. The largest absolute Gasteiger partial charge is 0.347 e. The maximum atomic E-state index is 13.1. The fourth-order valence-corrected chi connectivity index (χ4v) is 3.58. The van der Waals surface area contributed by atoms with Gasteiger partial charge in [-0.05, 0) is 49.0 Å². The lowest BCUT2D eigenvalue weighted by atomic mass is 9.81. The van der Waals surface area contributed by atoms with Gasteiger partial charge in [-0.1, -0.05) is 80.9 Å². The van der Waals surface area contributed by atoms with Crippen LogP contribution in [0.3, 0.4) is 0 Å². The van der Waals surface area contributed by atoms with Crippen molar-refractivity contribution in [1.82, 2.24) is 5.32 Å². The number of hydrogen-bond donors (Lipinski definition) is 1. The molecule has 0 aliphatic carbocycles. The SMILES string of the molecule is CC(C)(C)CC(C)(C)NC(=O)/C(=C/c1ccccc1Cl)c1ccccc1. The molecule has 0 aliphatic heterocycles. The average molecular weight is 370 g/mol. The molecule has 0 unspecified atom stereocenters. The second-order valence-electron chi connectivity index (χ2n) is 8.52.